The number of rotatable bonds is 6. The van der Waals surface area contributed by atoms with E-state index in [1.165, 1.54) is 13.2 Å². The Kier molecular flexibility index (Phi) is 4.47. The highest BCUT2D eigenvalue weighted by Crippen LogP contribution is 2.27. The molecule has 0 radical (unpaired) electrons. The van der Waals surface area contributed by atoms with Gasteiger partial charge in [0, 0.05) is 25.5 Å². The van der Waals surface area contributed by atoms with Gasteiger partial charge in [-0.3, -0.25) is 14.0 Å². The molecule has 0 saturated heterocycles. The van der Waals surface area contributed by atoms with Crippen LogP contribution in [0.3, 0.4) is 0 Å². The van der Waals surface area contributed by atoms with Crippen molar-refractivity contribution in [1.29, 1.82) is 0 Å². The molecule has 0 amide bonds. The number of pyridine rings is 1. The fourth-order valence-corrected chi connectivity index (χ4v) is 2.91. The van der Waals surface area contributed by atoms with E-state index >= 15 is 0 Å². The van der Waals surface area contributed by atoms with Gasteiger partial charge in [-0.05, 0) is 23.8 Å². The van der Waals surface area contributed by atoms with Gasteiger partial charge in [0.1, 0.15) is 5.75 Å². The number of nitrogens with one attached hydrogen (secondary N) is 2. The molecule has 9 nitrogen and oxygen atoms in total. The number of hydrogen-bond acceptors (Lipinski definition) is 6. The molecular weight excluding hydrogens is 346 g/mol. The van der Waals surface area contributed by atoms with E-state index in [4.69, 9.17) is 9.29 Å². The second-order valence-electron chi connectivity index (χ2n) is 5.33. The maximum atomic E-state index is 11.0. The summed E-state index contributed by atoms with van der Waals surface area (Å²) in [6.07, 6.45) is 3.44. The van der Waals surface area contributed by atoms with Crippen LogP contribution < -0.4 is 14.8 Å². The average molecular weight is 363 g/mol. The molecule has 3 rings (SSSR count). The third-order valence-electron chi connectivity index (χ3n) is 3.62. The number of ether oxygens (including phenoxy) is 1. The minimum Gasteiger partial charge on any atom is -0.495 e. The first-order chi connectivity index (χ1) is 11.9. The van der Waals surface area contributed by atoms with Gasteiger partial charge in [0.15, 0.2) is 5.65 Å². The lowest BCUT2D eigenvalue weighted by Gasteiger charge is -2.12. The topological polar surface area (TPSA) is 118 Å². The predicted molar refractivity (Wildman–Crippen MR) is 94.0 cm³/mol. The van der Waals surface area contributed by atoms with Crippen LogP contribution in [0.4, 0.5) is 11.4 Å². The summed E-state index contributed by atoms with van der Waals surface area (Å²) in [7, 11) is -1.12. The zero-order chi connectivity index (χ0) is 18.0. The Bertz CT molecular complexity index is 1020. The molecule has 2 heterocycles. The van der Waals surface area contributed by atoms with E-state index in [9.17, 15) is 8.42 Å². The summed E-state index contributed by atoms with van der Waals surface area (Å²) in [5.41, 5.74) is 2.69. The maximum Gasteiger partial charge on any atom is 0.357 e. The van der Waals surface area contributed by atoms with Gasteiger partial charge in [-0.15, -0.1) is 0 Å². The molecule has 0 spiro atoms. The SMILES string of the molecule is COc1cc(CNc2ccnc3c2cnn3C)ccc1NS(=O)(=O)O. The highest BCUT2D eigenvalue weighted by molar-refractivity contribution is 7.87. The monoisotopic (exact) mass is 363 g/mol. The van der Waals surface area contributed by atoms with Gasteiger partial charge >= 0.3 is 10.3 Å². The van der Waals surface area contributed by atoms with Crippen molar-refractivity contribution in [3.63, 3.8) is 0 Å². The van der Waals surface area contributed by atoms with Gasteiger partial charge in [0.05, 0.1) is 24.4 Å². The van der Waals surface area contributed by atoms with Gasteiger partial charge in [-0.1, -0.05) is 6.07 Å². The summed E-state index contributed by atoms with van der Waals surface area (Å²) in [5, 5.41) is 8.39. The minimum atomic E-state index is -4.36. The van der Waals surface area contributed by atoms with Crippen LogP contribution in [0.2, 0.25) is 0 Å². The quantitative estimate of drug-likeness (QED) is 0.571. The molecule has 0 fully saturated rings. The molecule has 25 heavy (non-hydrogen) atoms. The Morgan fingerprint density at radius 2 is 2.08 bits per heavy atom. The number of methoxy groups -OCH3 is 1. The second-order valence-corrected chi connectivity index (χ2v) is 6.48. The van der Waals surface area contributed by atoms with Crippen LogP contribution in [0.15, 0.2) is 36.7 Å². The van der Waals surface area contributed by atoms with E-state index in [0.717, 1.165) is 22.3 Å². The fourth-order valence-electron chi connectivity index (χ4n) is 2.47. The standard InChI is InChI=1S/C15H17N5O4S/c1-20-15-11(9-18-20)12(5-6-16-15)17-8-10-3-4-13(14(7-10)24-2)19-25(21,22)23/h3-7,9,19H,8H2,1-2H3,(H,16,17)(H,21,22,23). The molecule has 3 aromatic rings. The van der Waals surface area contributed by atoms with Crippen LogP contribution in [0, 0.1) is 0 Å². The summed E-state index contributed by atoms with van der Waals surface area (Å²) in [6, 6.07) is 6.79. The van der Waals surface area contributed by atoms with Crippen LogP contribution >= 0.6 is 0 Å². The first-order valence-corrected chi connectivity index (χ1v) is 8.74. The van der Waals surface area contributed by atoms with Crippen molar-refractivity contribution in [2.24, 2.45) is 7.05 Å². The molecule has 10 heteroatoms. The van der Waals surface area contributed by atoms with Crippen molar-refractivity contribution in [2.75, 3.05) is 17.1 Å². The van der Waals surface area contributed by atoms with Crippen molar-refractivity contribution in [3.8, 4) is 5.75 Å². The second kappa shape index (κ2) is 6.57. The maximum absolute atomic E-state index is 11.0. The number of anilines is 2. The zero-order valence-electron chi connectivity index (χ0n) is 13.6. The number of aryl methyl sites for hydroxylation is 1. The Morgan fingerprint density at radius 1 is 1.28 bits per heavy atom. The number of fused-ring (bicyclic) bond motifs is 1. The Labute approximate surface area is 144 Å². The summed E-state index contributed by atoms with van der Waals surface area (Å²) >= 11 is 0. The number of aromatic nitrogens is 3. The van der Waals surface area contributed by atoms with Crippen LogP contribution in [-0.4, -0.2) is 34.8 Å². The van der Waals surface area contributed by atoms with E-state index in [0.29, 0.717) is 12.3 Å². The smallest absolute Gasteiger partial charge is 0.357 e. The summed E-state index contributed by atoms with van der Waals surface area (Å²) in [5.74, 6) is 0.304. The largest absolute Gasteiger partial charge is 0.495 e. The summed E-state index contributed by atoms with van der Waals surface area (Å²) in [4.78, 5) is 4.28. The van der Waals surface area contributed by atoms with Gasteiger partial charge in [0.25, 0.3) is 0 Å². The lowest BCUT2D eigenvalue weighted by molar-refractivity contribution is 0.416. The number of hydrogen-bond donors (Lipinski definition) is 3. The summed E-state index contributed by atoms with van der Waals surface area (Å²) in [6.45, 7) is 0.483. The van der Waals surface area contributed by atoms with E-state index < -0.39 is 10.3 Å². The molecule has 0 aliphatic heterocycles. The molecule has 0 aliphatic rings. The van der Waals surface area contributed by atoms with Crippen molar-refractivity contribution in [3.05, 3.63) is 42.2 Å². The third-order valence-corrected chi connectivity index (χ3v) is 4.10. The van der Waals surface area contributed by atoms with E-state index in [-0.39, 0.29) is 5.69 Å². The Morgan fingerprint density at radius 3 is 2.80 bits per heavy atom. The van der Waals surface area contributed by atoms with E-state index in [1.807, 2.05) is 17.8 Å². The van der Waals surface area contributed by atoms with Gasteiger partial charge in [-0.25, -0.2) is 4.98 Å². The van der Waals surface area contributed by atoms with Gasteiger partial charge in [0.2, 0.25) is 0 Å². The predicted octanol–water partition coefficient (Wildman–Crippen LogP) is 1.80. The first kappa shape index (κ1) is 17.0. The number of nitrogens with zero attached hydrogens (tertiary/aromatic N) is 3. The van der Waals surface area contributed by atoms with Crippen LogP contribution in [0.25, 0.3) is 11.0 Å². The third kappa shape index (κ3) is 3.80. The van der Waals surface area contributed by atoms with Crippen LogP contribution in [0.5, 0.6) is 5.75 Å². The molecule has 132 valence electrons. The number of benzene rings is 1. The van der Waals surface area contributed by atoms with E-state index in [1.54, 1.807) is 29.2 Å². The molecule has 2 aromatic heterocycles. The molecule has 0 unspecified atom stereocenters. The van der Waals surface area contributed by atoms with Crippen molar-refractivity contribution < 1.29 is 17.7 Å². The van der Waals surface area contributed by atoms with Gasteiger partial charge < -0.3 is 10.1 Å². The van der Waals surface area contributed by atoms with Crippen molar-refractivity contribution >= 4 is 32.7 Å². The molecule has 0 atom stereocenters. The molecule has 0 bridgehead atoms. The van der Waals surface area contributed by atoms with E-state index in [2.05, 4.69) is 15.4 Å². The van der Waals surface area contributed by atoms with Crippen LogP contribution in [-0.2, 0) is 23.9 Å². The normalized spacial score (nSPS) is 11.5. The van der Waals surface area contributed by atoms with Crippen molar-refractivity contribution in [1.82, 2.24) is 14.8 Å². The average Bonchev–Trinajstić information content (AvgIpc) is 2.94. The Hall–Kier alpha value is -2.85. The molecular formula is C15H17N5O4S. The fraction of sp³-hybridized carbons (Fsp3) is 0.200. The van der Waals surface area contributed by atoms with Gasteiger partial charge in [-0.2, -0.15) is 13.5 Å². The molecule has 0 aliphatic carbocycles. The zero-order valence-corrected chi connectivity index (χ0v) is 14.4. The molecule has 0 saturated carbocycles. The molecule has 1 aromatic carbocycles. The van der Waals surface area contributed by atoms with Crippen LogP contribution in [0.1, 0.15) is 5.56 Å². The minimum absolute atomic E-state index is 0.160. The summed E-state index contributed by atoms with van der Waals surface area (Å²) < 4.78 is 39.7. The highest BCUT2D eigenvalue weighted by Gasteiger charge is 2.11. The Balaban J connectivity index is 1.81. The highest BCUT2D eigenvalue weighted by atomic mass is 32.2. The first-order valence-electron chi connectivity index (χ1n) is 7.30. The lowest BCUT2D eigenvalue weighted by atomic mass is 10.2. The van der Waals surface area contributed by atoms with Crippen molar-refractivity contribution in [2.45, 2.75) is 6.54 Å². The molecule has 3 N–H and O–H groups in total. The lowest BCUT2D eigenvalue weighted by Crippen LogP contribution is -2.11.